The molecule has 0 unspecified atom stereocenters. The fraction of sp³-hybridized carbons (Fsp3) is 0.632. The third-order valence-corrected chi connectivity index (χ3v) is 4.54. The highest BCUT2D eigenvalue weighted by atomic mass is 16.6. The molecule has 0 amide bonds. The van der Waals surface area contributed by atoms with Gasteiger partial charge in [-0.05, 0) is 19.3 Å². The van der Waals surface area contributed by atoms with Gasteiger partial charge >= 0.3 is 17.9 Å². The Bertz CT molecular complexity index is 674. The fourth-order valence-corrected chi connectivity index (χ4v) is 3.08. The maximum absolute atomic E-state index is 12.4. The fourth-order valence-electron chi connectivity index (χ4n) is 3.08. The average Bonchev–Trinajstić information content (AvgIpc) is 3.06. The molecule has 1 aromatic heterocycles. The minimum Gasteiger partial charge on any atom is -0.465 e. The van der Waals surface area contributed by atoms with Crippen LogP contribution in [-0.4, -0.2) is 44.8 Å². The highest BCUT2D eigenvalue weighted by molar-refractivity contribution is 6.12. The lowest BCUT2D eigenvalue weighted by Crippen LogP contribution is -2.23. The van der Waals surface area contributed by atoms with Crippen molar-refractivity contribution in [3.8, 4) is 0 Å². The van der Waals surface area contributed by atoms with Crippen molar-refractivity contribution in [1.82, 2.24) is 0 Å². The molecule has 0 atom stereocenters. The van der Waals surface area contributed by atoms with Gasteiger partial charge in [-0.2, -0.15) is 0 Å². The van der Waals surface area contributed by atoms with Crippen LogP contribution in [0.5, 0.6) is 0 Å². The summed E-state index contributed by atoms with van der Waals surface area (Å²) in [5.41, 5.74) is -0.415. The van der Waals surface area contributed by atoms with Crippen molar-refractivity contribution in [3.63, 3.8) is 0 Å². The predicted molar refractivity (Wildman–Crippen MR) is 97.1 cm³/mol. The van der Waals surface area contributed by atoms with Crippen LogP contribution in [0.25, 0.3) is 0 Å². The number of unbranched alkanes of at least 4 members (excludes halogenated alkanes) is 1. The Morgan fingerprint density at radius 2 is 1.63 bits per heavy atom. The Kier molecular flexibility index (Phi) is 7.69. The highest BCUT2D eigenvalue weighted by Gasteiger charge is 2.36. The monoisotopic (exact) mass is 381 g/mol. The molecule has 1 fully saturated rings. The minimum atomic E-state index is -0.863. The first-order valence-electron chi connectivity index (χ1n) is 9.30. The maximum Gasteiger partial charge on any atom is 0.375 e. The van der Waals surface area contributed by atoms with Crippen molar-refractivity contribution < 1.29 is 33.0 Å². The standard InChI is InChI=1S/C19H27NO7/c1-4-5-11-26-19(23)15-13(17(21)24-2)14(18(22)25-3)16(27-15)20-12-9-7-6-8-10-12/h12,20H,4-11H2,1-3H3. The number of hydrogen-bond acceptors (Lipinski definition) is 8. The van der Waals surface area contributed by atoms with Crippen molar-refractivity contribution in [1.29, 1.82) is 0 Å². The van der Waals surface area contributed by atoms with Crippen molar-refractivity contribution in [3.05, 3.63) is 16.9 Å². The number of rotatable bonds is 8. The number of esters is 3. The molecular weight excluding hydrogens is 354 g/mol. The van der Waals surface area contributed by atoms with Crippen LogP contribution in [0.4, 0.5) is 5.88 Å². The zero-order valence-electron chi connectivity index (χ0n) is 16.1. The lowest BCUT2D eigenvalue weighted by Gasteiger charge is -2.22. The topological polar surface area (TPSA) is 104 Å². The molecule has 1 aliphatic carbocycles. The normalized spacial score (nSPS) is 14.5. The smallest absolute Gasteiger partial charge is 0.375 e. The van der Waals surface area contributed by atoms with Crippen LogP contribution in [0.15, 0.2) is 4.42 Å². The van der Waals surface area contributed by atoms with E-state index in [1.807, 2.05) is 6.92 Å². The molecule has 1 saturated carbocycles. The van der Waals surface area contributed by atoms with Gasteiger partial charge in [-0.25, -0.2) is 14.4 Å². The van der Waals surface area contributed by atoms with Crippen LogP contribution >= 0.6 is 0 Å². The number of carbonyl (C=O) groups excluding carboxylic acids is 3. The number of nitrogens with one attached hydrogen (secondary N) is 1. The van der Waals surface area contributed by atoms with Gasteiger partial charge in [0.05, 0.1) is 20.8 Å². The largest absolute Gasteiger partial charge is 0.465 e. The molecule has 2 rings (SSSR count). The quantitative estimate of drug-likeness (QED) is 0.414. The summed E-state index contributed by atoms with van der Waals surface area (Å²) >= 11 is 0. The third kappa shape index (κ3) is 5.02. The first-order valence-corrected chi connectivity index (χ1v) is 9.30. The summed E-state index contributed by atoms with van der Waals surface area (Å²) in [5, 5.41) is 3.14. The lowest BCUT2D eigenvalue weighted by atomic mass is 9.95. The molecule has 0 saturated heterocycles. The summed E-state index contributed by atoms with van der Waals surface area (Å²) in [6, 6.07) is 0.0859. The number of methoxy groups -OCH3 is 2. The molecule has 0 spiro atoms. The van der Waals surface area contributed by atoms with Gasteiger partial charge in [-0.15, -0.1) is 0 Å². The number of carbonyl (C=O) groups is 3. The van der Waals surface area contributed by atoms with E-state index in [1.54, 1.807) is 0 Å². The minimum absolute atomic E-state index is 0.0385. The number of ether oxygens (including phenoxy) is 3. The number of furan rings is 1. The summed E-state index contributed by atoms with van der Waals surface area (Å²) in [6.45, 7) is 2.15. The molecule has 0 radical (unpaired) electrons. The van der Waals surface area contributed by atoms with Gasteiger partial charge in [0.1, 0.15) is 11.1 Å². The molecule has 1 aromatic rings. The Labute approximate surface area is 158 Å². The SMILES string of the molecule is CCCCOC(=O)c1oc(NC2CCCCC2)c(C(=O)OC)c1C(=O)OC. The first kappa shape index (κ1) is 20.8. The van der Waals surface area contributed by atoms with E-state index < -0.39 is 17.9 Å². The molecule has 150 valence electrons. The summed E-state index contributed by atoms with van der Waals surface area (Å²) in [7, 11) is 2.36. The predicted octanol–water partition coefficient (Wildman–Crippen LogP) is 3.55. The van der Waals surface area contributed by atoms with Gasteiger partial charge < -0.3 is 23.9 Å². The van der Waals surface area contributed by atoms with E-state index >= 15 is 0 Å². The second-order valence-corrected chi connectivity index (χ2v) is 6.46. The third-order valence-electron chi connectivity index (χ3n) is 4.54. The summed E-state index contributed by atoms with van der Waals surface area (Å²) < 4.78 is 20.3. The van der Waals surface area contributed by atoms with E-state index in [4.69, 9.17) is 18.6 Å². The molecule has 8 nitrogen and oxygen atoms in total. The molecule has 1 N–H and O–H groups in total. The van der Waals surface area contributed by atoms with Gasteiger partial charge in [-0.3, -0.25) is 0 Å². The summed E-state index contributed by atoms with van der Waals surface area (Å²) in [6.07, 6.45) is 6.61. The van der Waals surface area contributed by atoms with E-state index in [1.165, 1.54) is 7.11 Å². The molecule has 1 aliphatic rings. The molecule has 1 heterocycles. The van der Waals surface area contributed by atoms with Crippen molar-refractivity contribution in [2.75, 3.05) is 26.1 Å². The van der Waals surface area contributed by atoms with Crippen molar-refractivity contribution in [2.24, 2.45) is 0 Å². The van der Waals surface area contributed by atoms with Crippen molar-refractivity contribution in [2.45, 2.75) is 57.9 Å². The van der Waals surface area contributed by atoms with Crippen LogP contribution in [0.3, 0.4) is 0 Å². The molecule has 0 aromatic carbocycles. The molecule has 0 aliphatic heterocycles. The first-order chi connectivity index (χ1) is 13.0. The molecular formula is C19H27NO7. The lowest BCUT2D eigenvalue weighted by molar-refractivity contribution is 0.0446. The van der Waals surface area contributed by atoms with E-state index in [0.29, 0.717) is 6.42 Å². The van der Waals surface area contributed by atoms with E-state index in [9.17, 15) is 14.4 Å². The van der Waals surface area contributed by atoms with E-state index in [-0.39, 0.29) is 35.4 Å². The second-order valence-electron chi connectivity index (χ2n) is 6.46. The summed E-state index contributed by atoms with van der Waals surface area (Å²) in [5.74, 6) is -2.78. The Morgan fingerprint density at radius 3 is 2.22 bits per heavy atom. The average molecular weight is 381 g/mol. The molecule has 27 heavy (non-hydrogen) atoms. The zero-order valence-corrected chi connectivity index (χ0v) is 16.1. The van der Waals surface area contributed by atoms with Crippen LogP contribution in [0, 0.1) is 0 Å². The Morgan fingerprint density at radius 1 is 1.00 bits per heavy atom. The van der Waals surface area contributed by atoms with Crippen LogP contribution < -0.4 is 5.32 Å². The second kappa shape index (κ2) is 9.99. The van der Waals surface area contributed by atoms with Gasteiger partial charge in [-0.1, -0.05) is 32.6 Å². The van der Waals surface area contributed by atoms with Crippen molar-refractivity contribution >= 4 is 23.8 Å². The van der Waals surface area contributed by atoms with E-state index in [0.717, 1.165) is 45.6 Å². The van der Waals surface area contributed by atoms with Gasteiger partial charge in [0.2, 0.25) is 11.6 Å². The Hall–Kier alpha value is -2.51. The zero-order chi connectivity index (χ0) is 19.8. The maximum atomic E-state index is 12.4. The van der Waals surface area contributed by atoms with Crippen LogP contribution in [-0.2, 0) is 14.2 Å². The molecule has 8 heteroatoms. The molecule has 0 bridgehead atoms. The van der Waals surface area contributed by atoms with Gasteiger partial charge in [0, 0.05) is 6.04 Å². The Balaban J connectivity index is 2.42. The van der Waals surface area contributed by atoms with Crippen LogP contribution in [0.1, 0.15) is 83.1 Å². The number of anilines is 1. The van der Waals surface area contributed by atoms with Gasteiger partial charge in [0.25, 0.3) is 0 Å². The van der Waals surface area contributed by atoms with E-state index in [2.05, 4.69) is 5.32 Å². The summed E-state index contributed by atoms with van der Waals surface area (Å²) in [4.78, 5) is 37.0. The number of hydrogen-bond donors (Lipinski definition) is 1. The van der Waals surface area contributed by atoms with Gasteiger partial charge in [0.15, 0.2) is 0 Å². The van der Waals surface area contributed by atoms with Crippen LogP contribution in [0.2, 0.25) is 0 Å². The highest BCUT2D eigenvalue weighted by Crippen LogP contribution is 2.32.